The maximum atomic E-state index is 5.92. The third kappa shape index (κ3) is 9.01. The van der Waals surface area contributed by atoms with Gasteiger partial charge in [-0.2, -0.15) is 0 Å². The van der Waals surface area contributed by atoms with Gasteiger partial charge in [0.05, 0.1) is 0 Å². The minimum atomic E-state index is -2.37. The van der Waals surface area contributed by atoms with Gasteiger partial charge in [-0.25, -0.2) is 0 Å². The summed E-state index contributed by atoms with van der Waals surface area (Å²) in [5.74, 6) is 0. The second kappa shape index (κ2) is 10.7. The van der Waals surface area contributed by atoms with E-state index in [0.29, 0.717) is 6.61 Å². The lowest BCUT2D eigenvalue weighted by molar-refractivity contribution is -0.114. The molecule has 0 aromatic heterocycles. The highest BCUT2D eigenvalue weighted by Gasteiger charge is 2.35. The highest BCUT2D eigenvalue weighted by atomic mass is 28.4. The summed E-state index contributed by atoms with van der Waals surface area (Å²) in [5.41, 5.74) is 0. The molecular formula is C13H30O6Si. The van der Waals surface area contributed by atoms with Crippen molar-refractivity contribution < 1.29 is 27.8 Å². The molecule has 0 spiro atoms. The van der Waals surface area contributed by atoms with Crippen molar-refractivity contribution in [1.29, 1.82) is 0 Å². The molecule has 0 N–H and O–H groups in total. The van der Waals surface area contributed by atoms with Crippen molar-refractivity contribution in [3.63, 3.8) is 0 Å². The number of hydrogen-bond donors (Lipinski definition) is 0. The van der Waals surface area contributed by atoms with Crippen molar-refractivity contribution in [3.8, 4) is 0 Å². The Morgan fingerprint density at radius 1 is 0.800 bits per heavy atom. The van der Waals surface area contributed by atoms with E-state index in [-0.39, 0.29) is 18.9 Å². The standard InChI is InChI=1S/C13H30O6Si/c1-11(14-4)17-9-8-10-20(7,18-12(2)15-5)19-13(3)16-6/h11-13H,8-10H2,1-7H3. The Balaban J connectivity index is 4.29. The van der Waals surface area contributed by atoms with Gasteiger partial charge in [0, 0.05) is 27.9 Å². The van der Waals surface area contributed by atoms with Gasteiger partial charge in [0.1, 0.15) is 12.6 Å². The van der Waals surface area contributed by atoms with Crippen molar-refractivity contribution in [2.75, 3.05) is 27.9 Å². The second-order valence-electron chi connectivity index (χ2n) is 4.75. The summed E-state index contributed by atoms with van der Waals surface area (Å²) in [6.45, 7) is 8.19. The Hall–Kier alpha value is -0.0231. The molecule has 0 saturated carbocycles. The fraction of sp³-hybridized carbons (Fsp3) is 1.00. The molecule has 3 unspecified atom stereocenters. The van der Waals surface area contributed by atoms with Crippen LogP contribution in [0.15, 0.2) is 0 Å². The first-order chi connectivity index (χ1) is 9.36. The van der Waals surface area contributed by atoms with Crippen LogP contribution in [0.3, 0.4) is 0 Å². The lowest BCUT2D eigenvalue weighted by Crippen LogP contribution is -2.45. The fourth-order valence-corrected chi connectivity index (χ4v) is 4.33. The monoisotopic (exact) mass is 310 g/mol. The predicted molar refractivity (Wildman–Crippen MR) is 78.6 cm³/mol. The molecule has 3 atom stereocenters. The second-order valence-corrected chi connectivity index (χ2v) is 7.99. The van der Waals surface area contributed by atoms with Gasteiger partial charge in [-0.1, -0.05) is 0 Å². The Labute approximate surface area is 123 Å². The first kappa shape index (κ1) is 20.0. The van der Waals surface area contributed by atoms with E-state index in [4.69, 9.17) is 27.8 Å². The van der Waals surface area contributed by atoms with Gasteiger partial charge in [0.2, 0.25) is 0 Å². The Morgan fingerprint density at radius 2 is 1.25 bits per heavy atom. The Morgan fingerprint density at radius 3 is 1.65 bits per heavy atom. The highest BCUT2D eigenvalue weighted by Crippen LogP contribution is 2.20. The number of hydrogen-bond acceptors (Lipinski definition) is 6. The summed E-state index contributed by atoms with van der Waals surface area (Å²) < 4.78 is 32.7. The van der Waals surface area contributed by atoms with Crippen LogP contribution in [0.4, 0.5) is 0 Å². The summed E-state index contributed by atoms with van der Waals surface area (Å²) in [6, 6.07) is 0.796. The van der Waals surface area contributed by atoms with Gasteiger partial charge >= 0.3 is 8.56 Å². The average molecular weight is 310 g/mol. The zero-order valence-corrected chi connectivity index (χ0v) is 14.8. The molecule has 6 nitrogen and oxygen atoms in total. The summed E-state index contributed by atoms with van der Waals surface area (Å²) in [5, 5.41) is 0. The zero-order chi connectivity index (χ0) is 15.6. The van der Waals surface area contributed by atoms with Crippen LogP contribution in [0.5, 0.6) is 0 Å². The smallest absolute Gasteiger partial charge is 0.338 e. The lowest BCUT2D eigenvalue weighted by atomic mass is 10.5. The quantitative estimate of drug-likeness (QED) is 0.313. The maximum Gasteiger partial charge on any atom is 0.338 e. The van der Waals surface area contributed by atoms with Crippen LogP contribution in [-0.4, -0.2) is 55.4 Å². The molecule has 0 aliphatic rings. The SMILES string of the molecule is COC(C)OCCC[Si](C)(OC(C)OC)OC(C)OC. The minimum absolute atomic E-state index is 0.194. The first-order valence-corrected chi connectivity index (χ1v) is 9.45. The molecule has 7 heteroatoms. The predicted octanol–water partition coefficient (Wildman–Crippen LogP) is 2.48. The van der Waals surface area contributed by atoms with Gasteiger partial charge in [0.15, 0.2) is 6.29 Å². The Bertz CT molecular complexity index is 229. The zero-order valence-electron chi connectivity index (χ0n) is 13.8. The van der Waals surface area contributed by atoms with E-state index in [1.165, 1.54) is 0 Å². The third-order valence-corrected chi connectivity index (χ3v) is 5.88. The highest BCUT2D eigenvalue weighted by molar-refractivity contribution is 6.66. The van der Waals surface area contributed by atoms with Crippen LogP contribution in [0.2, 0.25) is 12.6 Å². The molecule has 0 aliphatic heterocycles. The molecule has 0 radical (unpaired) electrons. The van der Waals surface area contributed by atoms with Crippen LogP contribution in [0.25, 0.3) is 0 Å². The van der Waals surface area contributed by atoms with Crippen LogP contribution < -0.4 is 0 Å². The summed E-state index contributed by atoms with van der Waals surface area (Å²) >= 11 is 0. The van der Waals surface area contributed by atoms with E-state index in [1.54, 1.807) is 21.3 Å². The summed E-state index contributed by atoms with van der Waals surface area (Å²) in [7, 11) is 2.48. The molecule has 20 heavy (non-hydrogen) atoms. The summed E-state index contributed by atoms with van der Waals surface area (Å²) in [4.78, 5) is 0. The van der Waals surface area contributed by atoms with Crippen LogP contribution in [0, 0.1) is 0 Å². The number of rotatable bonds is 12. The molecule has 0 fully saturated rings. The topological polar surface area (TPSA) is 55.4 Å². The van der Waals surface area contributed by atoms with E-state index in [1.807, 2.05) is 27.3 Å². The van der Waals surface area contributed by atoms with Gasteiger partial charge < -0.3 is 27.8 Å². The van der Waals surface area contributed by atoms with Gasteiger partial charge in [0.25, 0.3) is 0 Å². The maximum absolute atomic E-state index is 5.92. The molecule has 122 valence electrons. The normalized spacial score (nSPS) is 19.4. The molecular weight excluding hydrogens is 280 g/mol. The molecule has 0 aliphatic carbocycles. The number of ether oxygens (including phenoxy) is 4. The van der Waals surface area contributed by atoms with E-state index in [9.17, 15) is 0 Å². The molecule has 0 rings (SSSR count). The molecule has 0 heterocycles. The van der Waals surface area contributed by atoms with E-state index in [0.717, 1.165) is 12.5 Å². The van der Waals surface area contributed by atoms with Gasteiger partial charge in [-0.05, 0) is 39.8 Å². The largest absolute Gasteiger partial charge is 0.368 e. The third-order valence-electron chi connectivity index (χ3n) is 2.95. The molecule has 0 aromatic rings. The van der Waals surface area contributed by atoms with Crippen molar-refractivity contribution in [3.05, 3.63) is 0 Å². The van der Waals surface area contributed by atoms with Gasteiger partial charge in [-0.3, -0.25) is 0 Å². The van der Waals surface area contributed by atoms with Crippen molar-refractivity contribution in [2.24, 2.45) is 0 Å². The molecule has 0 bridgehead atoms. The minimum Gasteiger partial charge on any atom is -0.368 e. The Kier molecular flexibility index (Phi) is 10.7. The number of methoxy groups -OCH3 is 3. The van der Waals surface area contributed by atoms with E-state index in [2.05, 4.69) is 0 Å². The van der Waals surface area contributed by atoms with Crippen LogP contribution in [0.1, 0.15) is 27.2 Å². The van der Waals surface area contributed by atoms with Gasteiger partial charge in [-0.15, -0.1) is 0 Å². The average Bonchev–Trinajstić information content (AvgIpc) is 2.42. The lowest BCUT2D eigenvalue weighted by Gasteiger charge is -2.32. The van der Waals surface area contributed by atoms with Crippen LogP contribution >= 0.6 is 0 Å². The first-order valence-electron chi connectivity index (χ1n) is 6.92. The van der Waals surface area contributed by atoms with E-state index < -0.39 is 8.56 Å². The van der Waals surface area contributed by atoms with Crippen molar-refractivity contribution in [2.45, 2.75) is 58.7 Å². The molecule has 0 saturated heterocycles. The summed E-state index contributed by atoms with van der Waals surface area (Å²) in [6.07, 6.45) is 0.0492. The van der Waals surface area contributed by atoms with Crippen LogP contribution in [-0.2, 0) is 27.8 Å². The molecule has 0 aromatic carbocycles. The van der Waals surface area contributed by atoms with E-state index >= 15 is 0 Å². The molecule has 0 amide bonds. The fourth-order valence-electron chi connectivity index (χ4n) is 1.65. The van der Waals surface area contributed by atoms with Crippen molar-refractivity contribution in [1.82, 2.24) is 0 Å². The van der Waals surface area contributed by atoms with Crippen molar-refractivity contribution >= 4 is 8.56 Å².